The van der Waals surface area contributed by atoms with E-state index < -0.39 is 3.79 Å². The average Bonchev–Trinajstić information content (AvgIpc) is 2.41. The predicted molar refractivity (Wildman–Crippen MR) is 61.7 cm³/mol. The van der Waals surface area contributed by atoms with Crippen molar-refractivity contribution in [2.75, 3.05) is 0 Å². The number of fused-ring (bicyclic) bond motifs is 1. The summed E-state index contributed by atoms with van der Waals surface area (Å²) in [6, 6.07) is 3.55. The van der Waals surface area contributed by atoms with Crippen LogP contribution in [-0.2, 0) is 3.79 Å². The van der Waals surface area contributed by atoms with Crippen molar-refractivity contribution < 1.29 is 0 Å². The number of rotatable bonds is 0. The summed E-state index contributed by atoms with van der Waals surface area (Å²) < 4.78 is 0.0553. The van der Waals surface area contributed by atoms with Crippen LogP contribution in [0.4, 0.5) is 0 Å². The Morgan fingerprint density at radius 2 is 1.80 bits per heavy atom. The summed E-state index contributed by atoms with van der Waals surface area (Å²) in [6.45, 7) is 3.72. The van der Waals surface area contributed by atoms with Gasteiger partial charge in [-0.05, 0) is 19.9 Å². The van der Waals surface area contributed by atoms with E-state index >= 15 is 0 Å². The monoisotopic (exact) mass is 263 g/mol. The van der Waals surface area contributed by atoms with Crippen LogP contribution in [0, 0.1) is 13.8 Å². The molecular formula is C9H8Cl3N3. The Labute approximate surface area is 102 Å². The van der Waals surface area contributed by atoms with Gasteiger partial charge in [-0.15, -0.1) is 0 Å². The molecular weight excluding hydrogens is 256 g/mol. The minimum Gasteiger partial charge on any atom is -0.234 e. The van der Waals surface area contributed by atoms with Crippen LogP contribution >= 0.6 is 34.8 Å². The zero-order valence-corrected chi connectivity index (χ0v) is 10.4. The first-order valence-corrected chi connectivity index (χ1v) is 5.42. The third kappa shape index (κ3) is 2.05. The van der Waals surface area contributed by atoms with E-state index in [1.165, 1.54) is 0 Å². The highest BCUT2D eigenvalue weighted by Gasteiger charge is 2.27. The second-order valence-electron chi connectivity index (χ2n) is 3.34. The molecule has 0 N–H and O–H groups in total. The number of hydrogen-bond acceptors (Lipinski definition) is 2. The molecule has 0 aliphatic carbocycles. The molecule has 0 saturated heterocycles. The van der Waals surface area contributed by atoms with Crippen molar-refractivity contribution in [3.05, 3.63) is 29.2 Å². The Hall–Kier alpha value is -0.510. The van der Waals surface area contributed by atoms with Crippen molar-refractivity contribution in [1.29, 1.82) is 0 Å². The molecule has 2 rings (SSSR count). The molecule has 0 unspecified atom stereocenters. The van der Waals surface area contributed by atoms with Crippen molar-refractivity contribution >= 4 is 40.4 Å². The highest BCUT2D eigenvalue weighted by molar-refractivity contribution is 6.66. The fourth-order valence-electron chi connectivity index (χ4n) is 1.42. The highest BCUT2D eigenvalue weighted by Crippen LogP contribution is 2.38. The lowest BCUT2D eigenvalue weighted by Gasteiger charge is -2.13. The molecule has 0 aliphatic rings. The molecule has 15 heavy (non-hydrogen) atoms. The van der Waals surface area contributed by atoms with Crippen LogP contribution in [-0.4, -0.2) is 14.6 Å². The van der Waals surface area contributed by atoms with Crippen LogP contribution in [0.15, 0.2) is 12.1 Å². The lowest BCUT2D eigenvalue weighted by atomic mass is 10.3. The second kappa shape index (κ2) is 3.51. The Bertz CT molecular complexity index is 513. The van der Waals surface area contributed by atoms with E-state index in [-0.39, 0.29) is 0 Å². The van der Waals surface area contributed by atoms with Crippen molar-refractivity contribution in [3.63, 3.8) is 0 Å². The van der Waals surface area contributed by atoms with Gasteiger partial charge in [-0.2, -0.15) is 5.10 Å². The minimum absolute atomic E-state index is 0.503. The van der Waals surface area contributed by atoms with E-state index in [9.17, 15) is 0 Å². The van der Waals surface area contributed by atoms with Gasteiger partial charge in [-0.25, -0.2) is 9.50 Å². The third-order valence-corrected chi connectivity index (χ3v) is 2.55. The van der Waals surface area contributed by atoms with Gasteiger partial charge in [0, 0.05) is 11.8 Å². The fourth-order valence-corrected chi connectivity index (χ4v) is 1.82. The topological polar surface area (TPSA) is 30.2 Å². The summed E-state index contributed by atoms with van der Waals surface area (Å²) in [4.78, 5) is 4.30. The summed E-state index contributed by atoms with van der Waals surface area (Å²) in [7, 11) is 0. The second-order valence-corrected chi connectivity index (χ2v) is 5.62. The molecule has 2 aromatic rings. The quantitative estimate of drug-likeness (QED) is 0.684. The van der Waals surface area contributed by atoms with Crippen molar-refractivity contribution in [3.8, 4) is 0 Å². The van der Waals surface area contributed by atoms with Crippen LogP contribution in [0.5, 0.6) is 0 Å². The van der Waals surface area contributed by atoms with E-state index in [4.69, 9.17) is 34.8 Å². The molecule has 0 spiro atoms. The summed E-state index contributed by atoms with van der Waals surface area (Å²) in [5.74, 6) is 0. The molecule has 0 radical (unpaired) electrons. The number of aryl methyl sites for hydroxylation is 2. The molecule has 0 bridgehead atoms. The van der Waals surface area contributed by atoms with Gasteiger partial charge in [0.2, 0.25) is 3.79 Å². The summed E-state index contributed by atoms with van der Waals surface area (Å²) in [5.41, 5.74) is 2.82. The molecule has 0 aromatic carbocycles. The Morgan fingerprint density at radius 1 is 1.13 bits per heavy atom. The van der Waals surface area contributed by atoms with E-state index in [1.54, 1.807) is 10.6 Å². The average molecular weight is 265 g/mol. The van der Waals surface area contributed by atoms with Gasteiger partial charge in [-0.3, -0.25) is 0 Å². The standard InChI is InChI=1S/C9H8Cl3N3/c1-5-3-7(9(10,11)12)15-8(13-5)4-6(2)14-15/h3-4H,1-2H3. The maximum atomic E-state index is 5.86. The Morgan fingerprint density at radius 3 is 2.40 bits per heavy atom. The van der Waals surface area contributed by atoms with Crippen molar-refractivity contribution in [2.24, 2.45) is 0 Å². The van der Waals surface area contributed by atoms with Gasteiger partial charge in [0.15, 0.2) is 5.65 Å². The lowest BCUT2D eigenvalue weighted by molar-refractivity contribution is 0.840. The van der Waals surface area contributed by atoms with Crippen LogP contribution in [0.2, 0.25) is 0 Å². The zero-order chi connectivity index (χ0) is 11.2. The molecule has 3 nitrogen and oxygen atoms in total. The molecule has 0 fully saturated rings. The predicted octanol–water partition coefficient (Wildman–Crippen LogP) is 3.17. The maximum absolute atomic E-state index is 5.86. The number of hydrogen-bond donors (Lipinski definition) is 0. The number of halogens is 3. The molecule has 0 atom stereocenters. The summed E-state index contributed by atoms with van der Waals surface area (Å²) in [5, 5.41) is 4.22. The first kappa shape index (κ1) is 11.0. The first-order valence-electron chi connectivity index (χ1n) is 4.29. The summed E-state index contributed by atoms with van der Waals surface area (Å²) >= 11 is 17.6. The van der Waals surface area contributed by atoms with Gasteiger partial charge >= 0.3 is 0 Å². The Kier molecular flexibility index (Phi) is 2.57. The number of aromatic nitrogens is 3. The molecule has 80 valence electrons. The highest BCUT2D eigenvalue weighted by atomic mass is 35.6. The van der Waals surface area contributed by atoms with Gasteiger partial charge in [0.1, 0.15) is 0 Å². The van der Waals surface area contributed by atoms with Crippen molar-refractivity contribution in [2.45, 2.75) is 17.6 Å². The fraction of sp³-hybridized carbons (Fsp3) is 0.333. The number of alkyl halides is 3. The maximum Gasteiger partial charge on any atom is 0.232 e. The van der Waals surface area contributed by atoms with Gasteiger partial charge in [-0.1, -0.05) is 34.8 Å². The van der Waals surface area contributed by atoms with Crippen molar-refractivity contribution in [1.82, 2.24) is 14.6 Å². The molecule has 6 heteroatoms. The van der Waals surface area contributed by atoms with Crippen LogP contribution in [0.3, 0.4) is 0 Å². The van der Waals surface area contributed by atoms with E-state index in [2.05, 4.69) is 10.1 Å². The SMILES string of the molecule is Cc1cc(C(Cl)(Cl)Cl)n2nc(C)cc2n1. The Balaban J connectivity index is 2.82. The third-order valence-electron chi connectivity index (χ3n) is 1.97. The normalized spacial score (nSPS) is 12.3. The molecule has 2 aromatic heterocycles. The smallest absolute Gasteiger partial charge is 0.232 e. The van der Waals surface area contributed by atoms with Crippen LogP contribution in [0.25, 0.3) is 5.65 Å². The molecule has 0 saturated carbocycles. The van der Waals surface area contributed by atoms with E-state index in [0.717, 1.165) is 11.4 Å². The minimum atomic E-state index is -1.50. The zero-order valence-electron chi connectivity index (χ0n) is 8.13. The van der Waals surface area contributed by atoms with Gasteiger partial charge < -0.3 is 0 Å². The molecule has 2 heterocycles. The van der Waals surface area contributed by atoms with E-state index in [1.807, 2.05) is 19.9 Å². The van der Waals surface area contributed by atoms with Gasteiger partial charge in [0.05, 0.1) is 11.4 Å². The molecule has 0 aliphatic heterocycles. The summed E-state index contributed by atoms with van der Waals surface area (Å²) in [6.07, 6.45) is 0. The van der Waals surface area contributed by atoms with Gasteiger partial charge in [0.25, 0.3) is 0 Å². The van der Waals surface area contributed by atoms with E-state index in [0.29, 0.717) is 11.3 Å². The lowest BCUT2D eigenvalue weighted by Crippen LogP contribution is -2.10. The first-order chi connectivity index (χ1) is 6.88. The number of nitrogens with zero attached hydrogens (tertiary/aromatic N) is 3. The van der Waals surface area contributed by atoms with Crippen LogP contribution in [0.1, 0.15) is 17.1 Å². The molecule has 0 amide bonds. The largest absolute Gasteiger partial charge is 0.234 e. The van der Waals surface area contributed by atoms with Crippen LogP contribution < -0.4 is 0 Å².